The minimum atomic E-state index is -0.357. The highest BCUT2D eigenvalue weighted by Crippen LogP contribution is 2.24. The number of aromatic amines is 1. The molecule has 0 saturated heterocycles. The smallest absolute Gasteiger partial charge is 0.263 e. The van der Waals surface area contributed by atoms with Crippen molar-refractivity contribution in [3.8, 4) is 0 Å². The number of aromatic nitrogens is 1. The number of pyridine rings is 1. The van der Waals surface area contributed by atoms with Crippen molar-refractivity contribution in [1.82, 2.24) is 10.3 Å². The maximum absolute atomic E-state index is 12.8. The molecule has 1 aliphatic rings. The van der Waals surface area contributed by atoms with Gasteiger partial charge in [-0.3, -0.25) is 9.59 Å². The Bertz CT molecular complexity index is 723. The molecule has 0 aliphatic carbocycles. The van der Waals surface area contributed by atoms with Crippen LogP contribution in [-0.4, -0.2) is 23.5 Å². The molecule has 21 heavy (non-hydrogen) atoms. The topological polar surface area (TPSA) is 65.2 Å². The highest BCUT2D eigenvalue weighted by atomic mass is 16.2. The first-order valence-corrected chi connectivity index (χ1v) is 6.97. The molecule has 2 aromatic rings. The summed E-state index contributed by atoms with van der Waals surface area (Å²) >= 11 is 0. The van der Waals surface area contributed by atoms with E-state index in [0.717, 1.165) is 11.3 Å². The van der Waals surface area contributed by atoms with Crippen LogP contribution in [0.1, 0.15) is 22.8 Å². The lowest BCUT2D eigenvalue weighted by molar-refractivity contribution is 0.0984. The summed E-state index contributed by atoms with van der Waals surface area (Å²) in [4.78, 5) is 28.9. The summed E-state index contributed by atoms with van der Waals surface area (Å²) in [6.45, 7) is 3.28. The molecule has 1 unspecified atom stereocenters. The number of carbonyl (C=O) groups is 1. The zero-order chi connectivity index (χ0) is 14.8. The molecule has 108 valence electrons. The number of nitrogens with zero attached hydrogens (tertiary/aromatic N) is 1. The van der Waals surface area contributed by atoms with Gasteiger partial charge in [0.05, 0.1) is 0 Å². The Kier molecular flexibility index (Phi) is 3.58. The van der Waals surface area contributed by atoms with E-state index in [9.17, 15) is 9.59 Å². The first kappa shape index (κ1) is 13.6. The molecule has 5 heteroatoms. The van der Waals surface area contributed by atoms with Crippen molar-refractivity contribution < 1.29 is 4.79 Å². The Balaban J connectivity index is 2.06. The third kappa shape index (κ3) is 2.60. The van der Waals surface area contributed by atoms with Crippen LogP contribution in [-0.2, 0) is 6.54 Å². The molecule has 0 spiro atoms. The normalized spacial score (nSPS) is 18.0. The molecule has 1 amide bonds. The van der Waals surface area contributed by atoms with Gasteiger partial charge in [-0.2, -0.15) is 0 Å². The lowest BCUT2D eigenvalue weighted by atomic mass is 10.1. The predicted molar refractivity (Wildman–Crippen MR) is 81.5 cm³/mol. The van der Waals surface area contributed by atoms with Gasteiger partial charge in [-0.25, -0.2) is 0 Å². The van der Waals surface area contributed by atoms with Crippen LogP contribution in [0.5, 0.6) is 0 Å². The van der Waals surface area contributed by atoms with E-state index >= 15 is 0 Å². The van der Waals surface area contributed by atoms with Gasteiger partial charge in [0.1, 0.15) is 5.56 Å². The number of fused-ring (bicyclic) bond motifs is 1. The Morgan fingerprint density at radius 1 is 1.24 bits per heavy atom. The predicted octanol–water partition coefficient (Wildman–Crippen LogP) is 1.51. The molecule has 0 fully saturated rings. The summed E-state index contributed by atoms with van der Waals surface area (Å²) < 4.78 is 0. The molecular formula is C16H17N3O2. The minimum absolute atomic E-state index is 0.157. The number of H-pyrrole nitrogens is 1. The van der Waals surface area contributed by atoms with E-state index in [1.54, 1.807) is 17.0 Å². The van der Waals surface area contributed by atoms with E-state index in [1.807, 2.05) is 31.2 Å². The Hall–Kier alpha value is -2.40. The van der Waals surface area contributed by atoms with Gasteiger partial charge in [-0.1, -0.05) is 18.2 Å². The molecule has 2 heterocycles. The van der Waals surface area contributed by atoms with Crippen LogP contribution >= 0.6 is 0 Å². The number of benzene rings is 1. The van der Waals surface area contributed by atoms with E-state index < -0.39 is 0 Å². The van der Waals surface area contributed by atoms with Gasteiger partial charge < -0.3 is 15.2 Å². The third-order valence-electron chi connectivity index (χ3n) is 3.67. The van der Waals surface area contributed by atoms with E-state index in [2.05, 4.69) is 10.3 Å². The van der Waals surface area contributed by atoms with Crippen LogP contribution in [0.15, 0.2) is 47.4 Å². The summed E-state index contributed by atoms with van der Waals surface area (Å²) in [5.41, 5.74) is 1.73. The van der Waals surface area contributed by atoms with Crippen molar-refractivity contribution in [3.05, 3.63) is 64.1 Å². The molecule has 0 saturated carbocycles. The lowest BCUT2D eigenvalue weighted by Crippen LogP contribution is -2.41. The van der Waals surface area contributed by atoms with Crippen LogP contribution in [0.4, 0.5) is 5.69 Å². The summed E-state index contributed by atoms with van der Waals surface area (Å²) in [5, 5.41) is 3.37. The fourth-order valence-corrected chi connectivity index (χ4v) is 2.57. The fraction of sp³-hybridized carbons (Fsp3) is 0.250. The Morgan fingerprint density at radius 3 is 2.86 bits per heavy atom. The second-order valence-electron chi connectivity index (χ2n) is 5.24. The van der Waals surface area contributed by atoms with Gasteiger partial charge in [-0.15, -0.1) is 0 Å². The number of nitrogens with one attached hydrogen (secondary N) is 2. The number of amides is 1. The number of carbonyl (C=O) groups excluding carboxylic acids is 1. The number of hydrogen-bond donors (Lipinski definition) is 2. The van der Waals surface area contributed by atoms with Gasteiger partial charge in [0, 0.05) is 31.0 Å². The van der Waals surface area contributed by atoms with E-state index in [0.29, 0.717) is 13.1 Å². The first-order chi connectivity index (χ1) is 10.2. The first-order valence-electron chi connectivity index (χ1n) is 6.97. The second-order valence-corrected chi connectivity index (χ2v) is 5.24. The van der Waals surface area contributed by atoms with Crippen LogP contribution in [0.3, 0.4) is 0 Å². The summed E-state index contributed by atoms with van der Waals surface area (Å²) in [5.74, 6) is -0.264. The van der Waals surface area contributed by atoms with Gasteiger partial charge in [0.15, 0.2) is 0 Å². The minimum Gasteiger partial charge on any atom is -0.328 e. The van der Waals surface area contributed by atoms with Crippen LogP contribution in [0, 0.1) is 0 Å². The molecule has 0 radical (unpaired) electrons. The van der Waals surface area contributed by atoms with Crippen molar-refractivity contribution in [2.45, 2.75) is 19.5 Å². The zero-order valence-corrected chi connectivity index (χ0v) is 11.8. The van der Waals surface area contributed by atoms with Crippen molar-refractivity contribution in [3.63, 3.8) is 0 Å². The van der Waals surface area contributed by atoms with Gasteiger partial charge in [0.2, 0.25) is 0 Å². The van der Waals surface area contributed by atoms with E-state index in [4.69, 9.17) is 0 Å². The lowest BCUT2D eigenvalue weighted by Gasteiger charge is -2.24. The second kappa shape index (κ2) is 5.54. The highest BCUT2D eigenvalue weighted by molar-refractivity contribution is 6.06. The molecule has 2 N–H and O–H groups in total. The van der Waals surface area contributed by atoms with Gasteiger partial charge in [0.25, 0.3) is 11.5 Å². The van der Waals surface area contributed by atoms with Crippen LogP contribution in [0.2, 0.25) is 0 Å². The summed E-state index contributed by atoms with van der Waals surface area (Å²) in [6.07, 6.45) is 1.53. The van der Waals surface area contributed by atoms with Crippen molar-refractivity contribution >= 4 is 11.6 Å². The number of anilines is 1. The quantitative estimate of drug-likeness (QED) is 0.834. The average molecular weight is 283 g/mol. The zero-order valence-electron chi connectivity index (χ0n) is 11.8. The van der Waals surface area contributed by atoms with Crippen LogP contribution < -0.4 is 15.8 Å². The summed E-state index contributed by atoms with van der Waals surface area (Å²) in [7, 11) is 0. The molecule has 1 atom stereocenters. The standard InChI is InChI=1S/C16H17N3O2/c1-11-10-19(14-7-3-2-5-12(14)9-18-11)16(21)13-6-4-8-17-15(13)20/h2-8,11,18H,9-10H2,1H3,(H,17,20). The molecule has 1 aliphatic heterocycles. The number of para-hydroxylation sites is 1. The maximum atomic E-state index is 12.8. The van der Waals surface area contributed by atoms with Crippen LogP contribution in [0.25, 0.3) is 0 Å². The summed E-state index contributed by atoms with van der Waals surface area (Å²) in [6, 6.07) is 11.2. The Labute approximate surface area is 122 Å². The molecule has 1 aromatic carbocycles. The van der Waals surface area contributed by atoms with Gasteiger partial charge >= 0.3 is 0 Å². The van der Waals surface area contributed by atoms with E-state index in [1.165, 1.54) is 6.20 Å². The Morgan fingerprint density at radius 2 is 2.05 bits per heavy atom. The maximum Gasteiger partial charge on any atom is 0.263 e. The highest BCUT2D eigenvalue weighted by Gasteiger charge is 2.26. The largest absolute Gasteiger partial charge is 0.328 e. The van der Waals surface area contributed by atoms with E-state index in [-0.39, 0.29) is 23.1 Å². The molecule has 5 nitrogen and oxygen atoms in total. The fourth-order valence-electron chi connectivity index (χ4n) is 2.57. The SMILES string of the molecule is CC1CN(C(=O)c2ccc[nH]c2=O)c2ccccc2CN1. The monoisotopic (exact) mass is 283 g/mol. The van der Waals surface area contributed by atoms with Crippen molar-refractivity contribution in [2.75, 3.05) is 11.4 Å². The molecule has 3 rings (SSSR count). The number of hydrogen-bond acceptors (Lipinski definition) is 3. The third-order valence-corrected chi connectivity index (χ3v) is 3.67. The molecule has 1 aromatic heterocycles. The molecule has 0 bridgehead atoms. The van der Waals surface area contributed by atoms with Crippen molar-refractivity contribution in [1.29, 1.82) is 0 Å². The van der Waals surface area contributed by atoms with Gasteiger partial charge in [-0.05, 0) is 30.7 Å². The number of rotatable bonds is 1. The molecular weight excluding hydrogens is 266 g/mol. The van der Waals surface area contributed by atoms with Crippen molar-refractivity contribution in [2.24, 2.45) is 0 Å². The average Bonchev–Trinajstić information content (AvgIpc) is 2.67.